The fourth-order valence-electron chi connectivity index (χ4n) is 1.61. The number of aliphatic hydroxyl groups is 1. The van der Waals surface area contributed by atoms with E-state index in [1.165, 1.54) is 0 Å². The van der Waals surface area contributed by atoms with E-state index in [0.717, 1.165) is 19.4 Å². The van der Waals surface area contributed by atoms with Crippen LogP contribution in [0, 0.1) is 5.41 Å². The molecule has 1 saturated carbocycles. The Kier molecular flexibility index (Phi) is 2.91. The number of hydrogen-bond acceptors (Lipinski definition) is 2. The summed E-state index contributed by atoms with van der Waals surface area (Å²) in [5.41, 5.74) is 0.0567. The van der Waals surface area contributed by atoms with Gasteiger partial charge in [-0.2, -0.15) is 0 Å². The lowest BCUT2D eigenvalue weighted by molar-refractivity contribution is -0.0720. The predicted molar refractivity (Wildman–Crippen MR) is 51.0 cm³/mol. The largest absolute Gasteiger partial charge is 0.392 e. The van der Waals surface area contributed by atoms with Crippen molar-refractivity contribution in [1.82, 2.24) is 5.32 Å². The number of aliphatic hydroxyl groups excluding tert-OH is 1. The van der Waals surface area contributed by atoms with Crippen molar-refractivity contribution in [2.24, 2.45) is 5.41 Å². The highest BCUT2D eigenvalue weighted by Gasteiger charge is 2.46. The molecule has 1 fully saturated rings. The molecule has 1 rings (SSSR count). The van der Waals surface area contributed by atoms with E-state index in [9.17, 15) is 5.11 Å². The zero-order chi connectivity index (χ0) is 9.19. The maximum atomic E-state index is 9.44. The van der Waals surface area contributed by atoms with Crippen LogP contribution in [0.25, 0.3) is 0 Å². The molecule has 1 aliphatic rings. The number of nitrogens with one attached hydrogen (secondary N) is 1. The summed E-state index contributed by atoms with van der Waals surface area (Å²) in [5.74, 6) is 0. The summed E-state index contributed by atoms with van der Waals surface area (Å²) in [6, 6.07) is 0.479. The Morgan fingerprint density at radius 1 is 1.67 bits per heavy atom. The average Bonchev–Trinajstić information content (AvgIpc) is 2.04. The Hall–Kier alpha value is -0.340. The lowest BCUT2D eigenvalue weighted by Crippen LogP contribution is -2.60. The molecular formula is C10H19NO. The molecule has 0 spiro atoms. The number of rotatable bonds is 4. The van der Waals surface area contributed by atoms with Crippen LogP contribution < -0.4 is 5.32 Å². The lowest BCUT2D eigenvalue weighted by Gasteiger charge is -2.49. The molecule has 2 heteroatoms. The summed E-state index contributed by atoms with van der Waals surface area (Å²) >= 11 is 0. The Labute approximate surface area is 74.7 Å². The van der Waals surface area contributed by atoms with Crippen molar-refractivity contribution in [3.63, 3.8) is 0 Å². The molecule has 2 atom stereocenters. The van der Waals surface area contributed by atoms with Crippen molar-refractivity contribution in [1.29, 1.82) is 0 Å². The van der Waals surface area contributed by atoms with E-state index in [-0.39, 0.29) is 11.5 Å². The third kappa shape index (κ3) is 1.70. The minimum absolute atomic E-state index is 0.0567. The summed E-state index contributed by atoms with van der Waals surface area (Å²) in [5, 5.41) is 12.9. The van der Waals surface area contributed by atoms with Gasteiger partial charge in [-0.15, -0.1) is 6.58 Å². The Morgan fingerprint density at radius 3 is 2.75 bits per heavy atom. The first-order valence-electron chi connectivity index (χ1n) is 4.61. The van der Waals surface area contributed by atoms with Crippen molar-refractivity contribution >= 4 is 0 Å². The molecule has 0 amide bonds. The molecule has 70 valence electrons. The van der Waals surface area contributed by atoms with Crippen LogP contribution in [0.1, 0.15) is 26.7 Å². The van der Waals surface area contributed by atoms with Crippen molar-refractivity contribution in [2.75, 3.05) is 6.54 Å². The van der Waals surface area contributed by atoms with E-state index < -0.39 is 0 Å². The van der Waals surface area contributed by atoms with E-state index >= 15 is 0 Å². The summed E-state index contributed by atoms with van der Waals surface area (Å²) in [7, 11) is 0. The van der Waals surface area contributed by atoms with Gasteiger partial charge < -0.3 is 10.4 Å². The highest BCUT2D eigenvalue weighted by atomic mass is 16.3. The number of hydrogen-bond donors (Lipinski definition) is 2. The van der Waals surface area contributed by atoms with Gasteiger partial charge in [-0.3, -0.25) is 0 Å². The minimum Gasteiger partial charge on any atom is -0.392 e. The first-order chi connectivity index (χ1) is 5.59. The zero-order valence-electron chi connectivity index (χ0n) is 8.01. The van der Waals surface area contributed by atoms with E-state index in [1.54, 1.807) is 0 Å². The molecule has 0 aromatic carbocycles. The van der Waals surface area contributed by atoms with Crippen molar-refractivity contribution in [3.8, 4) is 0 Å². The van der Waals surface area contributed by atoms with Crippen LogP contribution in [0.3, 0.4) is 0 Å². The second-order valence-electron chi connectivity index (χ2n) is 4.16. The topological polar surface area (TPSA) is 32.3 Å². The second-order valence-corrected chi connectivity index (χ2v) is 4.16. The van der Waals surface area contributed by atoms with Gasteiger partial charge in [-0.05, 0) is 19.4 Å². The standard InChI is InChI=1S/C10H19NO/c1-4-5-6-11-8-7-9(12)10(8,2)3/h4,8-9,11-12H,1,5-7H2,2-3H3. The Balaban J connectivity index is 2.23. The van der Waals surface area contributed by atoms with Gasteiger partial charge in [0.05, 0.1) is 6.10 Å². The van der Waals surface area contributed by atoms with Gasteiger partial charge in [0.25, 0.3) is 0 Å². The minimum atomic E-state index is -0.126. The summed E-state index contributed by atoms with van der Waals surface area (Å²) in [4.78, 5) is 0. The Morgan fingerprint density at radius 2 is 2.33 bits per heavy atom. The molecule has 12 heavy (non-hydrogen) atoms. The van der Waals surface area contributed by atoms with Gasteiger partial charge in [0.1, 0.15) is 0 Å². The molecule has 1 aliphatic carbocycles. The molecule has 0 aromatic rings. The third-order valence-electron chi connectivity index (χ3n) is 2.96. The molecule has 2 unspecified atom stereocenters. The van der Waals surface area contributed by atoms with Crippen molar-refractivity contribution < 1.29 is 5.11 Å². The molecule has 0 bridgehead atoms. The predicted octanol–water partition coefficient (Wildman–Crippen LogP) is 1.31. The molecule has 2 N–H and O–H groups in total. The van der Waals surface area contributed by atoms with Crippen LogP contribution in [0.2, 0.25) is 0 Å². The van der Waals surface area contributed by atoms with Crippen molar-refractivity contribution in [3.05, 3.63) is 12.7 Å². The fraction of sp³-hybridized carbons (Fsp3) is 0.800. The van der Waals surface area contributed by atoms with Crippen molar-refractivity contribution in [2.45, 2.75) is 38.8 Å². The van der Waals surface area contributed by atoms with Gasteiger partial charge in [0.15, 0.2) is 0 Å². The quantitative estimate of drug-likeness (QED) is 0.491. The summed E-state index contributed by atoms with van der Waals surface area (Å²) < 4.78 is 0. The van der Waals surface area contributed by atoms with E-state index in [4.69, 9.17) is 0 Å². The third-order valence-corrected chi connectivity index (χ3v) is 2.96. The maximum Gasteiger partial charge on any atom is 0.0621 e. The average molecular weight is 169 g/mol. The van der Waals surface area contributed by atoms with E-state index in [1.807, 2.05) is 6.08 Å². The van der Waals surface area contributed by atoms with Crippen LogP contribution >= 0.6 is 0 Å². The smallest absolute Gasteiger partial charge is 0.0621 e. The lowest BCUT2D eigenvalue weighted by atomic mass is 9.64. The molecule has 2 nitrogen and oxygen atoms in total. The second kappa shape index (κ2) is 3.58. The highest BCUT2D eigenvalue weighted by Crippen LogP contribution is 2.40. The van der Waals surface area contributed by atoms with Gasteiger partial charge in [-0.25, -0.2) is 0 Å². The van der Waals surface area contributed by atoms with Crippen LogP contribution in [-0.2, 0) is 0 Å². The van der Waals surface area contributed by atoms with Crippen LogP contribution in [0.4, 0.5) is 0 Å². The van der Waals surface area contributed by atoms with E-state index in [0.29, 0.717) is 6.04 Å². The van der Waals surface area contributed by atoms with Crippen LogP contribution in [-0.4, -0.2) is 23.8 Å². The first kappa shape index (κ1) is 9.75. The van der Waals surface area contributed by atoms with Gasteiger partial charge >= 0.3 is 0 Å². The SMILES string of the molecule is C=CCCNC1CC(O)C1(C)C. The molecule has 0 aromatic heterocycles. The maximum absolute atomic E-state index is 9.44. The Bertz CT molecular complexity index is 165. The van der Waals surface area contributed by atoms with Crippen LogP contribution in [0.15, 0.2) is 12.7 Å². The summed E-state index contributed by atoms with van der Waals surface area (Å²) in [6.45, 7) is 8.85. The molecule has 0 aliphatic heterocycles. The monoisotopic (exact) mass is 169 g/mol. The zero-order valence-corrected chi connectivity index (χ0v) is 8.01. The van der Waals surface area contributed by atoms with Gasteiger partial charge in [0.2, 0.25) is 0 Å². The molecule has 0 heterocycles. The highest BCUT2D eigenvalue weighted by molar-refractivity contribution is 5.01. The van der Waals surface area contributed by atoms with Crippen LogP contribution in [0.5, 0.6) is 0 Å². The molecule has 0 radical (unpaired) electrons. The molecule has 0 saturated heterocycles. The first-order valence-corrected chi connectivity index (χ1v) is 4.61. The van der Waals surface area contributed by atoms with Gasteiger partial charge in [-0.1, -0.05) is 19.9 Å². The normalized spacial score (nSPS) is 32.6. The van der Waals surface area contributed by atoms with E-state index in [2.05, 4.69) is 25.7 Å². The van der Waals surface area contributed by atoms with Gasteiger partial charge in [0, 0.05) is 11.5 Å². The fourth-order valence-corrected chi connectivity index (χ4v) is 1.61. The summed E-state index contributed by atoms with van der Waals surface area (Å²) in [6.07, 6.45) is 3.68. The molecular weight excluding hydrogens is 150 g/mol.